The maximum absolute atomic E-state index is 12.8. The number of carboxylic acid groups (broad SMARTS) is 3. The van der Waals surface area contributed by atoms with Crippen molar-refractivity contribution in [3.8, 4) is 0 Å². The number of nitrogens with zero attached hydrogens (tertiary/aromatic N) is 6. The van der Waals surface area contributed by atoms with Crippen LogP contribution in [-0.2, 0) is 34.0 Å². The summed E-state index contributed by atoms with van der Waals surface area (Å²) in [5.41, 5.74) is 1.67. The Bertz CT molecular complexity index is 1610. The summed E-state index contributed by atoms with van der Waals surface area (Å²) < 4.78 is 0. The molecule has 0 aliphatic carbocycles. The predicted molar refractivity (Wildman–Crippen MR) is 160 cm³/mol. The van der Waals surface area contributed by atoms with E-state index < -0.39 is 37.4 Å². The maximum Gasteiger partial charge on any atom is 0.412 e. The molecule has 45 heavy (non-hydrogen) atoms. The zero-order valence-corrected chi connectivity index (χ0v) is 23.5. The van der Waals surface area contributed by atoms with E-state index in [0.29, 0.717) is 16.7 Å². The molecule has 0 spiro atoms. The Labute approximate surface area is 255 Å². The highest BCUT2D eigenvalue weighted by atomic mass is 16.4. The summed E-state index contributed by atoms with van der Waals surface area (Å²) in [6.45, 7) is -1.36. The molecule has 3 aromatic carbocycles. The average Bonchev–Trinajstić information content (AvgIpc) is 3.02. The van der Waals surface area contributed by atoms with Crippen molar-refractivity contribution in [1.29, 1.82) is 0 Å². The van der Waals surface area contributed by atoms with Gasteiger partial charge in [-0.2, -0.15) is 0 Å². The van der Waals surface area contributed by atoms with Crippen LogP contribution in [0.5, 0.6) is 0 Å². The number of anilines is 3. The molecular formula is C30H26N6O9. The highest BCUT2D eigenvalue weighted by Gasteiger charge is 2.33. The van der Waals surface area contributed by atoms with Gasteiger partial charge < -0.3 is 15.3 Å². The van der Waals surface area contributed by atoms with E-state index in [1.54, 1.807) is 18.2 Å². The minimum Gasteiger partial charge on any atom is -0.465 e. The first kappa shape index (κ1) is 33.1. The summed E-state index contributed by atoms with van der Waals surface area (Å²) in [6, 6.07) is 16.7. The van der Waals surface area contributed by atoms with Gasteiger partial charge in [-0.05, 0) is 53.1 Å². The minimum atomic E-state index is -1.52. The molecule has 3 aromatic rings. The fraction of sp³-hybridized carbons (Fsp3) is 0.200. The second-order valence-electron chi connectivity index (χ2n) is 9.33. The van der Waals surface area contributed by atoms with Crippen LogP contribution in [0, 0.1) is 0 Å². The van der Waals surface area contributed by atoms with Crippen molar-refractivity contribution >= 4 is 53.6 Å². The molecule has 0 radical (unpaired) electrons. The highest BCUT2D eigenvalue weighted by molar-refractivity contribution is 5.91. The van der Waals surface area contributed by atoms with Crippen LogP contribution in [0.1, 0.15) is 16.7 Å². The van der Waals surface area contributed by atoms with Crippen molar-refractivity contribution in [1.82, 2.24) is 0 Å². The van der Waals surface area contributed by atoms with Gasteiger partial charge in [0.1, 0.15) is 0 Å². The second kappa shape index (κ2) is 16.3. The van der Waals surface area contributed by atoms with E-state index in [1.807, 2.05) is 0 Å². The standard InChI is InChI=1S/C30H26N6O9/c37-18-31-13-21-4-1-7-24(10-21)34(28(40)41)16-27(36(30(44)45)26-9-3-6-23(12-26)15-33-20-39)17-35(29(42)43)25-8-2-5-22(11-25)14-32-19-38/h1-12,27H,13-17H2,(H,40,41)(H,42,43)(H,44,45). The lowest BCUT2D eigenvalue weighted by atomic mass is 10.1. The Morgan fingerprint density at radius 3 is 1.27 bits per heavy atom. The molecule has 0 aliphatic rings. The number of benzene rings is 3. The molecule has 0 aliphatic heterocycles. The summed E-state index contributed by atoms with van der Waals surface area (Å²) >= 11 is 0. The molecule has 3 N–H and O–H groups in total. The Kier molecular flexibility index (Phi) is 12.0. The summed E-state index contributed by atoms with van der Waals surface area (Å²) in [4.78, 5) is 82.8. The molecule has 0 bridgehead atoms. The highest BCUT2D eigenvalue weighted by Crippen LogP contribution is 2.26. The van der Waals surface area contributed by atoms with Crippen LogP contribution in [0.2, 0.25) is 0 Å². The van der Waals surface area contributed by atoms with E-state index in [1.165, 1.54) is 72.8 Å². The van der Waals surface area contributed by atoms with Gasteiger partial charge in [-0.25, -0.2) is 43.7 Å². The molecule has 0 fully saturated rings. The fourth-order valence-corrected chi connectivity index (χ4v) is 4.53. The first-order valence-corrected chi connectivity index (χ1v) is 13.1. The zero-order valence-electron chi connectivity index (χ0n) is 23.5. The van der Waals surface area contributed by atoms with Crippen LogP contribution in [0.25, 0.3) is 0 Å². The van der Waals surface area contributed by atoms with Crippen molar-refractivity contribution < 1.29 is 44.1 Å². The Morgan fingerprint density at radius 2 is 0.933 bits per heavy atom. The first-order valence-electron chi connectivity index (χ1n) is 13.1. The van der Waals surface area contributed by atoms with Gasteiger partial charge in [-0.15, -0.1) is 0 Å². The molecule has 3 amide bonds. The maximum atomic E-state index is 12.8. The van der Waals surface area contributed by atoms with E-state index in [2.05, 4.69) is 15.0 Å². The van der Waals surface area contributed by atoms with E-state index in [4.69, 9.17) is 0 Å². The summed E-state index contributed by atoms with van der Waals surface area (Å²) in [7, 11) is 0. The summed E-state index contributed by atoms with van der Waals surface area (Å²) in [5.74, 6) is 0. The number of amides is 3. The van der Waals surface area contributed by atoms with Gasteiger partial charge in [-0.3, -0.25) is 14.7 Å². The Hall–Kier alpha value is -6.39. The molecule has 15 nitrogen and oxygen atoms in total. The van der Waals surface area contributed by atoms with Gasteiger partial charge in [0.2, 0.25) is 18.2 Å². The van der Waals surface area contributed by atoms with E-state index >= 15 is 0 Å². The van der Waals surface area contributed by atoms with Crippen LogP contribution in [0.3, 0.4) is 0 Å². The molecule has 15 heteroatoms. The number of carbonyl (C=O) groups is 3. The molecular weight excluding hydrogens is 588 g/mol. The van der Waals surface area contributed by atoms with E-state index in [0.717, 1.165) is 14.7 Å². The molecule has 0 atom stereocenters. The van der Waals surface area contributed by atoms with Crippen molar-refractivity contribution in [2.45, 2.75) is 25.7 Å². The van der Waals surface area contributed by atoms with Crippen molar-refractivity contribution in [2.75, 3.05) is 27.8 Å². The third kappa shape index (κ3) is 9.30. The van der Waals surface area contributed by atoms with Crippen molar-refractivity contribution in [2.24, 2.45) is 15.0 Å². The summed E-state index contributed by atoms with van der Waals surface area (Å²) in [6.07, 6.45) is -0.239. The number of aliphatic imine (C=N–C) groups is 3. The number of hydrogen-bond donors (Lipinski definition) is 3. The van der Waals surface area contributed by atoms with Gasteiger partial charge in [0, 0.05) is 17.1 Å². The van der Waals surface area contributed by atoms with E-state index in [9.17, 15) is 44.1 Å². The third-order valence-electron chi connectivity index (χ3n) is 6.43. The third-order valence-corrected chi connectivity index (χ3v) is 6.43. The van der Waals surface area contributed by atoms with Gasteiger partial charge >= 0.3 is 18.3 Å². The smallest absolute Gasteiger partial charge is 0.412 e. The molecule has 3 rings (SSSR count). The Balaban J connectivity index is 2.15. The zero-order chi connectivity index (χ0) is 32.8. The monoisotopic (exact) mass is 614 g/mol. The lowest BCUT2D eigenvalue weighted by Gasteiger charge is -2.36. The number of isocyanates is 3. The quantitative estimate of drug-likeness (QED) is 0.173. The second-order valence-corrected chi connectivity index (χ2v) is 9.33. The number of hydrogen-bond acceptors (Lipinski definition) is 9. The van der Waals surface area contributed by atoms with Gasteiger partial charge in [0.15, 0.2) is 0 Å². The molecule has 0 saturated heterocycles. The molecule has 0 aromatic heterocycles. The normalized spacial score (nSPS) is 10.7. The van der Waals surface area contributed by atoms with Gasteiger partial charge in [0.05, 0.1) is 38.8 Å². The molecule has 0 saturated carbocycles. The van der Waals surface area contributed by atoms with Crippen LogP contribution in [0.15, 0.2) is 87.8 Å². The van der Waals surface area contributed by atoms with E-state index in [-0.39, 0.29) is 36.7 Å². The fourth-order valence-electron chi connectivity index (χ4n) is 4.53. The van der Waals surface area contributed by atoms with Crippen LogP contribution in [0.4, 0.5) is 31.4 Å². The van der Waals surface area contributed by atoms with Crippen molar-refractivity contribution in [3.05, 3.63) is 89.5 Å². The van der Waals surface area contributed by atoms with Gasteiger partial charge in [-0.1, -0.05) is 36.4 Å². The molecule has 230 valence electrons. The number of carbonyl (C=O) groups excluding carboxylic acids is 3. The lowest BCUT2D eigenvalue weighted by molar-refractivity contribution is 0.192. The predicted octanol–water partition coefficient (Wildman–Crippen LogP) is 4.42. The van der Waals surface area contributed by atoms with Crippen LogP contribution >= 0.6 is 0 Å². The summed E-state index contributed by atoms with van der Waals surface area (Å²) in [5, 5.41) is 30.8. The number of rotatable bonds is 14. The minimum absolute atomic E-state index is 0.0601. The first-order chi connectivity index (χ1) is 21.7. The van der Waals surface area contributed by atoms with Crippen LogP contribution < -0.4 is 14.7 Å². The largest absolute Gasteiger partial charge is 0.465 e. The molecule has 0 heterocycles. The average molecular weight is 615 g/mol. The van der Waals surface area contributed by atoms with Gasteiger partial charge in [0.25, 0.3) is 0 Å². The van der Waals surface area contributed by atoms with Crippen molar-refractivity contribution in [3.63, 3.8) is 0 Å². The SMILES string of the molecule is O=C=NCc1cccc(N(CC(CN(C(=O)O)c2cccc(CN=C=O)c2)N(C(=O)O)c2cccc(CN=C=O)c2)C(=O)O)c1. The Morgan fingerprint density at radius 1 is 0.578 bits per heavy atom. The topological polar surface area (TPSA) is 210 Å². The lowest BCUT2D eigenvalue weighted by Crippen LogP contribution is -2.54. The molecule has 0 unspecified atom stereocenters. The van der Waals surface area contributed by atoms with Crippen LogP contribution in [-0.4, -0.2) is 71.0 Å².